The summed E-state index contributed by atoms with van der Waals surface area (Å²) in [7, 11) is 0. The van der Waals surface area contributed by atoms with Gasteiger partial charge in [-0.3, -0.25) is 10.1 Å². The number of benzene rings is 1. The predicted octanol–water partition coefficient (Wildman–Crippen LogP) is 2.93. The summed E-state index contributed by atoms with van der Waals surface area (Å²) < 4.78 is 0. The Kier molecular flexibility index (Phi) is 4.04. The van der Waals surface area contributed by atoms with E-state index in [9.17, 15) is 10.1 Å². The summed E-state index contributed by atoms with van der Waals surface area (Å²) in [5, 5.41) is 14.5. The molecule has 6 heteroatoms. The zero-order chi connectivity index (χ0) is 13.1. The molecule has 2 rings (SSSR count). The maximum absolute atomic E-state index is 11.0. The zero-order valence-electron chi connectivity index (χ0n) is 9.93. The number of nitro benzene ring substituents is 1. The summed E-state index contributed by atoms with van der Waals surface area (Å²) >= 11 is 5.78. The maximum atomic E-state index is 11.0. The van der Waals surface area contributed by atoms with Crippen molar-refractivity contribution in [2.24, 2.45) is 5.73 Å². The summed E-state index contributed by atoms with van der Waals surface area (Å²) in [5.41, 5.74) is 6.52. The first kappa shape index (κ1) is 13.1. The lowest BCUT2D eigenvalue weighted by molar-refractivity contribution is -0.384. The molecule has 18 heavy (non-hydrogen) atoms. The molecule has 98 valence electrons. The molecule has 1 aliphatic rings. The molecule has 0 amide bonds. The maximum Gasteiger partial charge on any atom is 0.293 e. The first-order chi connectivity index (χ1) is 8.58. The van der Waals surface area contributed by atoms with Crippen molar-refractivity contribution in [2.45, 2.75) is 37.8 Å². The van der Waals surface area contributed by atoms with E-state index in [0.29, 0.717) is 10.7 Å². The van der Waals surface area contributed by atoms with Gasteiger partial charge in [-0.1, -0.05) is 24.4 Å². The van der Waals surface area contributed by atoms with Gasteiger partial charge < -0.3 is 11.1 Å². The van der Waals surface area contributed by atoms with Crippen molar-refractivity contribution >= 4 is 23.0 Å². The van der Waals surface area contributed by atoms with Crippen LogP contribution in [0.2, 0.25) is 5.02 Å². The molecular weight excluding hydrogens is 254 g/mol. The molecule has 0 bridgehead atoms. The highest BCUT2D eigenvalue weighted by Crippen LogP contribution is 2.30. The number of nitrogens with zero attached hydrogens (tertiary/aromatic N) is 1. The van der Waals surface area contributed by atoms with E-state index in [1.54, 1.807) is 12.1 Å². The summed E-state index contributed by atoms with van der Waals surface area (Å²) in [6.07, 6.45) is 4.13. The molecule has 0 aliphatic heterocycles. The lowest BCUT2D eigenvalue weighted by atomic mass is 9.91. The number of nitro groups is 1. The number of rotatable bonds is 3. The lowest BCUT2D eigenvalue weighted by Gasteiger charge is -2.29. The van der Waals surface area contributed by atoms with E-state index in [1.165, 1.54) is 6.07 Å². The minimum atomic E-state index is -0.428. The number of nitrogens with one attached hydrogen (secondary N) is 1. The van der Waals surface area contributed by atoms with E-state index in [-0.39, 0.29) is 17.8 Å². The molecule has 0 heterocycles. The Morgan fingerprint density at radius 1 is 1.39 bits per heavy atom. The number of hydrogen-bond donors (Lipinski definition) is 2. The predicted molar refractivity (Wildman–Crippen MR) is 72.0 cm³/mol. The highest BCUT2D eigenvalue weighted by Gasteiger charge is 2.24. The standard InChI is InChI=1S/C12H16ClN3O2/c13-8-5-6-11(12(7-8)16(17)18)15-10-4-2-1-3-9(10)14/h5-7,9-10,15H,1-4,14H2/t9-,10-/m1/s1. The fourth-order valence-electron chi connectivity index (χ4n) is 2.32. The van der Waals surface area contributed by atoms with Gasteiger partial charge in [-0.2, -0.15) is 0 Å². The van der Waals surface area contributed by atoms with E-state index >= 15 is 0 Å². The molecule has 1 aromatic rings. The van der Waals surface area contributed by atoms with Gasteiger partial charge in [0.15, 0.2) is 0 Å². The van der Waals surface area contributed by atoms with E-state index < -0.39 is 4.92 Å². The molecule has 0 spiro atoms. The first-order valence-corrected chi connectivity index (χ1v) is 6.42. The van der Waals surface area contributed by atoms with Gasteiger partial charge in [0.25, 0.3) is 5.69 Å². The van der Waals surface area contributed by atoms with Gasteiger partial charge in [-0.05, 0) is 25.0 Å². The molecule has 1 saturated carbocycles. The van der Waals surface area contributed by atoms with Crippen molar-refractivity contribution in [3.63, 3.8) is 0 Å². The van der Waals surface area contributed by atoms with Gasteiger partial charge >= 0.3 is 0 Å². The van der Waals surface area contributed by atoms with Crippen LogP contribution in [-0.2, 0) is 0 Å². The molecule has 1 aromatic carbocycles. The Morgan fingerprint density at radius 2 is 2.11 bits per heavy atom. The number of halogens is 1. The van der Waals surface area contributed by atoms with E-state index in [1.807, 2.05) is 0 Å². The Hall–Kier alpha value is -1.33. The lowest BCUT2D eigenvalue weighted by Crippen LogP contribution is -2.42. The van der Waals surface area contributed by atoms with Crippen LogP contribution in [0.4, 0.5) is 11.4 Å². The number of nitrogens with two attached hydrogens (primary N) is 1. The van der Waals surface area contributed by atoms with Crippen molar-refractivity contribution in [2.75, 3.05) is 5.32 Å². The third kappa shape index (κ3) is 2.91. The van der Waals surface area contributed by atoms with Crippen molar-refractivity contribution in [3.05, 3.63) is 33.3 Å². The second-order valence-electron chi connectivity index (χ2n) is 4.62. The Morgan fingerprint density at radius 3 is 2.78 bits per heavy atom. The van der Waals surface area contributed by atoms with Gasteiger partial charge in [-0.25, -0.2) is 0 Å². The van der Waals surface area contributed by atoms with Crippen LogP contribution in [0.15, 0.2) is 18.2 Å². The van der Waals surface area contributed by atoms with Gasteiger partial charge in [0, 0.05) is 23.2 Å². The molecular formula is C12H16ClN3O2. The summed E-state index contributed by atoms with van der Waals surface area (Å²) in [6.45, 7) is 0. The Labute approximate surface area is 110 Å². The van der Waals surface area contributed by atoms with Crippen LogP contribution in [0.3, 0.4) is 0 Å². The van der Waals surface area contributed by atoms with Gasteiger partial charge in [-0.15, -0.1) is 0 Å². The molecule has 2 atom stereocenters. The summed E-state index contributed by atoms with van der Waals surface area (Å²) in [6, 6.07) is 4.79. The van der Waals surface area contributed by atoms with Crippen LogP contribution in [-0.4, -0.2) is 17.0 Å². The van der Waals surface area contributed by atoms with Crippen LogP contribution in [0.5, 0.6) is 0 Å². The minimum Gasteiger partial charge on any atom is -0.375 e. The van der Waals surface area contributed by atoms with E-state index in [2.05, 4.69) is 5.32 Å². The van der Waals surface area contributed by atoms with Crippen LogP contribution in [0, 0.1) is 10.1 Å². The van der Waals surface area contributed by atoms with Crippen LogP contribution >= 0.6 is 11.6 Å². The number of hydrogen-bond acceptors (Lipinski definition) is 4. The monoisotopic (exact) mass is 269 g/mol. The van der Waals surface area contributed by atoms with Gasteiger partial charge in [0.05, 0.1) is 4.92 Å². The normalized spacial score (nSPS) is 23.7. The zero-order valence-corrected chi connectivity index (χ0v) is 10.7. The third-order valence-corrected chi connectivity index (χ3v) is 3.55. The minimum absolute atomic E-state index is 0.000253. The average Bonchev–Trinajstić information content (AvgIpc) is 2.34. The molecule has 0 unspecified atom stereocenters. The van der Waals surface area contributed by atoms with Crippen molar-refractivity contribution in [1.29, 1.82) is 0 Å². The molecule has 3 N–H and O–H groups in total. The van der Waals surface area contributed by atoms with Crippen molar-refractivity contribution in [1.82, 2.24) is 0 Å². The average molecular weight is 270 g/mol. The second-order valence-corrected chi connectivity index (χ2v) is 5.05. The van der Waals surface area contributed by atoms with E-state index in [0.717, 1.165) is 25.7 Å². The highest BCUT2D eigenvalue weighted by atomic mass is 35.5. The molecule has 0 saturated heterocycles. The van der Waals surface area contributed by atoms with Crippen LogP contribution in [0.25, 0.3) is 0 Å². The van der Waals surface area contributed by atoms with Crippen molar-refractivity contribution < 1.29 is 4.92 Å². The van der Waals surface area contributed by atoms with Crippen LogP contribution < -0.4 is 11.1 Å². The quantitative estimate of drug-likeness (QED) is 0.653. The molecule has 0 aromatic heterocycles. The molecule has 1 fully saturated rings. The molecule has 5 nitrogen and oxygen atoms in total. The fourth-order valence-corrected chi connectivity index (χ4v) is 2.48. The first-order valence-electron chi connectivity index (χ1n) is 6.04. The van der Waals surface area contributed by atoms with E-state index in [4.69, 9.17) is 17.3 Å². The Balaban J connectivity index is 2.20. The third-order valence-electron chi connectivity index (χ3n) is 3.32. The summed E-state index contributed by atoms with van der Waals surface area (Å²) in [5.74, 6) is 0. The van der Waals surface area contributed by atoms with Crippen molar-refractivity contribution in [3.8, 4) is 0 Å². The molecule has 1 aliphatic carbocycles. The highest BCUT2D eigenvalue weighted by molar-refractivity contribution is 6.30. The van der Waals surface area contributed by atoms with Gasteiger partial charge in [0.2, 0.25) is 0 Å². The summed E-state index contributed by atoms with van der Waals surface area (Å²) in [4.78, 5) is 10.5. The number of anilines is 1. The fraction of sp³-hybridized carbons (Fsp3) is 0.500. The topological polar surface area (TPSA) is 81.2 Å². The van der Waals surface area contributed by atoms with Crippen LogP contribution in [0.1, 0.15) is 25.7 Å². The SMILES string of the molecule is N[C@@H]1CCCC[C@H]1Nc1ccc(Cl)cc1[N+](=O)[O-]. The molecule has 0 radical (unpaired) electrons. The van der Waals surface area contributed by atoms with Gasteiger partial charge in [0.1, 0.15) is 5.69 Å². The largest absolute Gasteiger partial charge is 0.375 e. The second kappa shape index (κ2) is 5.54. The smallest absolute Gasteiger partial charge is 0.293 e. The Bertz CT molecular complexity index is 453.